The third-order valence-corrected chi connectivity index (χ3v) is 2.51. The molecule has 1 aromatic heterocycles. The summed E-state index contributed by atoms with van der Waals surface area (Å²) >= 11 is 0. The maximum Gasteiger partial charge on any atom is 0.251 e. The molecule has 0 spiro atoms. The Morgan fingerprint density at radius 1 is 1.41 bits per heavy atom. The van der Waals surface area contributed by atoms with Gasteiger partial charge < -0.3 is 5.32 Å². The summed E-state index contributed by atoms with van der Waals surface area (Å²) in [5.74, 6) is 0.544. The second-order valence-electron chi connectivity index (χ2n) is 3.93. The van der Waals surface area contributed by atoms with Crippen molar-refractivity contribution in [1.82, 2.24) is 20.5 Å². The van der Waals surface area contributed by atoms with Crippen LogP contribution < -0.4 is 5.32 Å². The van der Waals surface area contributed by atoms with E-state index >= 15 is 0 Å². The van der Waals surface area contributed by atoms with E-state index in [0.29, 0.717) is 17.9 Å². The number of carbonyl (C=O) groups excluding carboxylic acids is 1. The third-order valence-electron chi connectivity index (χ3n) is 2.51. The molecule has 0 aliphatic carbocycles. The number of aryl methyl sites for hydroxylation is 2. The Morgan fingerprint density at radius 3 is 2.88 bits per heavy atom. The molecule has 0 radical (unpaired) electrons. The van der Waals surface area contributed by atoms with Crippen LogP contribution in [-0.4, -0.2) is 21.1 Å². The summed E-state index contributed by atoms with van der Waals surface area (Å²) in [5, 5.41) is 9.20. The van der Waals surface area contributed by atoms with E-state index < -0.39 is 0 Å². The van der Waals surface area contributed by atoms with E-state index in [4.69, 9.17) is 0 Å². The summed E-state index contributed by atoms with van der Waals surface area (Å²) in [6, 6.07) is 5.75. The molecule has 0 saturated heterocycles. The lowest BCUT2D eigenvalue weighted by Crippen LogP contribution is -2.24. The number of aromatic amines is 1. The summed E-state index contributed by atoms with van der Waals surface area (Å²) in [5.41, 5.74) is 2.81. The predicted octanol–water partition coefficient (Wildman–Crippen LogP) is 1.35. The van der Waals surface area contributed by atoms with Gasteiger partial charge in [-0.05, 0) is 25.5 Å². The number of rotatable bonds is 3. The van der Waals surface area contributed by atoms with Crippen molar-refractivity contribution < 1.29 is 4.79 Å². The molecule has 5 nitrogen and oxygen atoms in total. The molecule has 0 bridgehead atoms. The van der Waals surface area contributed by atoms with E-state index in [0.717, 1.165) is 11.1 Å². The Morgan fingerprint density at radius 2 is 2.24 bits per heavy atom. The average Bonchev–Trinajstić information content (AvgIpc) is 2.78. The van der Waals surface area contributed by atoms with Crippen LogP contribution in [0.4, 0.5) is 0 Å². The number of carbonyl (C=O) groups is 1. The smallest absolute Gasteiger partial charge is 0.251 e. The quantitative estimate of drug-likeness (QED) is 0.836. The van der Waals surface area contributed by atoms with Crippen LogP contribution in [-0.2, 0) is 6.54 Å². The molecule has 0 aliphatic heterocycles. The summed E-state index contributed by atoms with van der Waals surface area (Å²) in [6.07, 6.45) is 1.42. The fourth-order valence-electron chi connectivity index (χ4n) is 1.64. The van der Waals surface area contributed by atoms with Gasteiger partial charge in [0.05, 0.1) is 6.54 Å². The minimum absolute atomic E-state index is 0.0982. The van der Waals surface area contributed by atoms with Crippen molar-refractivity contribution in [2.24, 2.45) is 0 Å². The highest BCUT2D eigenvalue weighted by Gasteiger charge is 2.08. The summed E-state index contributed by atoms with van der Waals surface area (Å²) in [4.78, 5) is 15.8. The number of nitrogens with one attached hydrogen (secondary N) is 2. The largest absolute Gasteiger partial charge is 0.345 e. The van der Waals surface area contributed by atoms with Crippen molar-refractivity contribution >= 4 is 5.91 Å². The topological polar surface area (TPSA) is 70.7 Å². The Balaban J connectivity index is 2.04. The van der Waals surface area contributed by atoms with Gasteiger partial charge in [0.15, 0.2) is 0 Å². The zero-order chi connectivity index (χ0) is 12.3. The molecule has 0 unspecified atom stereocenters. The van der Waals surface area contributed by atoms with E-state index in [1.54, 1.807) is 0 Å². The normalized spacial score (nSPS) is 10.2. The van der Waals surface area contributed by atoms with Crippen LogP contribution in [0.1, 0.15) is 27.3 Å². The summed E-state index contributed by atoms with van der Waals surface area (Å²) in [7, 11) is 0. The van der Waals surface area contributed by atoms with E-state index in [1.165, 1.54) is 6.33 Å². The molecular weight excluding hydrogens is 216 g/mol. The third kappa shape index (κ3) is 2.69. The number of benzene rings is 1. The lowest BCUT2D eigenvalue weighted by atomic mass is 10.1. The molecule has 0 aliphatic rings. The lowest BCUT2D eigenvalue weighted by molar-refractivity contribution is 0.0949. The first-order chi connectivity index (χ1) is 8.16. The predicted molar refractivity (Wildman–Crippen MR) is 63.5 cm³/mol. The second-order valence-corrected chi connectivity index (χ2v) is 3.93. The zero-order valence-corrected chi connectivity index (χ0v) is 9.82. The Labute approximate surface area is 99.3 Å². The van der Waals surface area contributed by atoms with Gasteiger partial charge in [0.2, 0.25) is 0 Å². The molecule has 17 heavy (non-hydrogen) atoms. The molecule has 0 fully saturated rings. The van der Waals surface area contributed by atoms with Crippen molar-refractivity contribution in [2.45, 2.75) is 20.4 Å². The monoisotopic (exact) mass is 230 g/mol. The van der Waals surface area contributed by atoms with Gasteiger partial charge >= 0.3 is 0 Å². The first-order valence-electron chi connectivity index (χ1n) is 5.36. The van der Waals surface area contributed by atoms with Crippen LogP contribution in [0.15, 0.2) is 24.5 Å². The fraction of sp³-hybridized carbons (Fsp3) is 0.250. The Bertz CT molecular complexity index is 519. The van der Waals surface area contributed by atoms with E-state index in [-0.39, 0.29) is 5.91 Å². The van der Waals surface area contributed by atoms with Gasteiger partial charge in [0, 0.05) is 5.56 Å². The van der Waals surface area contributed by atoms with E-state index in [1.807, 2.05) is 32.0 Å². The lowest BCUT2D eigenvalue weighted by Gasteiger charge is -2.07. The molecule has 2 N–H and O–H groups in total. The van der Waals surface area contributed by atoms with Gasteiger partial charge in [-0.1, -0.05) is 17.7 Å². The van der Waals surface area contributed by atoms with Crippen LogP contribution in [0.3, 0.4) is 0 Å². The van der Waals surface area contributed by atoms with Gasteiger partial charge in [-0.25, -0.2) is 4.98 Å². The van der Waals surface area contributed by atoms with Gasteiger partial charge in [0.1, 0.15) is 12.2 Å². The minimum atomic E-state index is -0.0982. The van der Waals surface area contributed by atoms with Crippen molar-refractivity contribution in [3.8, 4) is 0 Å². The Hall–Kier alpha value is -2.17. The highest BCUT2D eigenvalue weighted by Crippen LogP contribution is 2.10. The van der Waals surface area contributed by atoms with Gasteiger partial charge in [0.25, 0.3) is 5.91 Å². The van der Waals surface area contributed by atoms with Crippen LogP contribution in [0, 0.1) is 13.8 Å². The van der Waals surface area contributed by atoms with Crippen LogP contribution >= 0.6 is 0 Å². The van der Waals surface area contributed by atoms with Gasteiger partial charge in [-0.3, -0.25) is 9.89 Å². The molecule has 88 valence electrons. The molecule has 2 rings (SSSR count). The molecule has 0 saturated carbocycles. The SMILES string of the molecule is Cc1ccc(C(=O)NCc2ncn[nH]2)c(C)c1. The average molecular weight is 230 g/mol. The highest BCUT2D eigenvalue weighted by atomic mass is 16.1. The molecular formula is C12H14N4O. The minimum Gasteiger partial charge on any atom is -0.345 e. The standard InChI is InChI=1S/C12H14N4O/c1-8-3-4-10(9(2)5-8)12(17)13-6-11-14-7-15-16-11/h3-5,7H,6H2,1-2H3,(H,13,17)(H,14,15,16). The van der Waals surface area contributed by atoms with Crippen LogP contribution in [0.5, 0.6) is 0 Å². The molecule has 1 aromatic carbocycles. The van der Waals surface area contributed by atoms with Gasteiger partial charge in [-0.15, -0.1) is 0 Å². The number of aromatic nitrogens is 3. The van der Waals surface area contributed by atoms with Gasteiger partial charge in [-0.2, -0.15) is 5.10 Å². The number of nitrogens with zero attached hydrogens (tertiary/aromatic N) is 2. The second kappa shape index (κ2) is 4.78. The fourth-order valence-corrected chi connectivity index (χ4v) is 1.64. The van der Waals surface area contributed by atoms with Crippen molar-refractivity contribution in [1.29, 1.82) is 0 Å². The number of H-pyrrole nitrogens is 1. The maximum atomic E-state index is 11.9. The van der Waals surface area contributed by atoms with Crippen molar-refractivity contribution in [3.63, 3.8) is 0 Å². The van der Waals surface area contributed by atoms with Crippen molar-refractivity contribution in [2.75, 3.05) is 0 Å². The molecule has 1 amide bonds. The van der Waals surface area contributed by atoms with Crippen LogP contribution in [0.2, 0.25) is 0 Å². The first kappa shape index (κ1) is 11.3. The van der Waals surface area contributed by atoms with Crippen molar-refractivity contribution in [3.05, 3.63) is 47.0 Å². The molecule has 1 heterocycles. The number of hydrogen-bond donors (Lipinski definition) is 2. The highest BCUT2D eigenvalue weighted by molar-refractivity contribution is 5.95. The van der Waals surface area contributed by atoms with E-state index in [2.05, 4.69) is 20.5 Å². The van der Waals surface area contributed by atoms with Crippen LogP contribution in [0.25, 0.3) is 0 Å². The summed E-state index contributed by atoms with van der Waals surface area (Å²) < 4.78 is 0. The maximum absolute atomic E-state index is 11.9. The molecule has 5 heteroatoms. The first-order valence-corrected chi connectivity index (χ1v) is 5.36. The summed E-state index contributed by atoms with van der Waals surface area (Å²) in [6.45, 7) is 4.28. The molecule has 0 atom stereocenters. The Kier molecular flexibility index (Phi) is 3.18. The zero-order valence-electron chi connectivity index (χ0n) is 9.82. The molecule has 2 aromatic rings. The van der Waals surface area contributed by atoms with E-state index in [9.17, 15) is 4.79 Å². The number of amides is 1. The number of hydrogen-bond acceptors (Lipinski definition) is 3.